The molecule has 3 aliphatic rings. The Balaban J connectivity index is 1.32. The predicted octanol–water partition coefficient (Wildman–Crippen LogP) is 4.14. The summed E-state index contributed by atoms with van der Waals surface area (Å²) in [5.41, 5.74) is 2.99. The maximum Gasteiger partial charge on any atom is 0.261 e. The summed E-state index contributed by atoms with van der Waals surface area (Å²) in [5, 5.41) is 5.07. The second-order valence-corrected chi connectivity index (χ2v) is 9.97. The number of aromatic nitrogens is 2. The molecule has 4 atom stereocenters. The zero-order chi connectivity index (χ0) is 23.7. The smallest absolute Gasteiger partial charge is 0.261 e. The summed E-state index contributed by atoms with van der Waals surface area (Å²) in [6, 6.07) is 12.2. The number of rotatable bonds is 7. The monoisotopic (exact) mass is 478 g/mol. The standard InChI is InChI=1S/C26H30N4O3S/c1-16-28-21(18-6-7-23(32-2)24(12-18)33-3)13-22(29-16)20-15-30-9-8-17(20)11-19(30)14-27-26(31)25-5-4-10-34-25/h4-7,10,12-13,17,19-20H,8-9,11,14-15H2,1-3H3,(H,27,31)/t17-,19+,20+/m0/s1. The Morgan fingerprint density at radius 3 is 2.74 bits per heavy atom. The molecule has 2 bridgehead atoms. The van der Waals surface area contributed by atoms with Gasteiger partial charge in [-0.2, -0.15) is 0 Å². The molecule has 8 heteroatoms. The Labute approximate surface area is 204 Å². The summed E-state index contributed by atoms with van der Waals surface area (Å²) in [4.78, 5) is 25.2. The number of fused-ring (bicyclic) bond motifs is 3. The lowest BCUT2D eigenvalue weighted by Crippen LogP contribution is -2.56. The fraction of sp³-hybridized carbons (Fsp3) is 0.423. The molecule has 3 saturated heterocycles. The first kappa shape index (κ1) is 22.8. The number of hydrogen-bond donors (Lipinski definition) is 1. The van der Waals surface area contributed by atoms with E-state index in [2.05, 4.69) is 16.3 Å². The normalized spacial score (nSPS) is 23.5. The van der Waals surface area contributed by atoms with Crippen LogP contribution in [0, 0.1) is 12.8 Å². The fourth-order valence-electron chi connectivity index (χ4n) is 5.32. The van der Waals surface area contributed by atoms with Crippen molar-refractivity contribution in [3.05, 3.63) is 58.2 Å². The highest BCUT2D eigenvalue weighted by Gasteiger charge is 2.41. The second-order valence-electron chi connectivity index (χ2n) is 9.02. The van der Waals surface area contributed by atoms with Gasteiger partial charge in [0.25, 0.3) is 5.91 Å². The first-order chi connectivity index (χ1) is 16.6. The van der Waals surface area contributed by atoms with Gasteiger partial charge in [-0.3, -0.25) is 9.69 Å². The number of carbonyl (C=O) groups is 1. The maximum atomic E-state index is 12.4. The van der Waals surface area contributed by atoms with E-state index in [1.54, 1.807) is 14.2 Å². The van der Waals surface area contributed by atoms with Gasteiger partial charge in [0.05, 0.1) is 24.8 Å². The zero-order valence-electron chi connectivity index (χ0n) is 19.8. The van der Waals surface area contributed by atoms with Gasteiger partial charge in [0.2, 0.25) is 0 Å². The van der Waals surface area contributed by atoms with Crippen LogP contribution in [-0.2, 0) is 0 Å². The molecule has 2 aromatic heterocycles. The average Bonchev–Trinajstić information content (AvgIpc) is 3.42. The maximum absolute atomic E-state index is 12.4. The van der Waals surface area contributed by atoms with Gasteiger partial charge in [-0.05, 0) is 67.9 Å². The molecule has 7 nitrogen and oxygen atoms in total. The first-order valence-corrected chi connectivity index (χ1v) is 12.6. The average molecular weight is 479 g/mol. The Morgan fingerprint density at radius 2 is 2.03 bits per heavy atom. The Kier molecular flexibility index (Phi) is 6.52. The number of nitrogens with one attached hydrogen (secondary N) is 1. The van der Waals surface area contributed by atoms with E-state index in [0.717, 1.165) is 53.6 Å². The van der Waals surface area contributed by atoms with Crippen molar-refractivity contribution in [2.75, 3.05) is 33.9 Å². The van der Waals surface area contributed by atoms with Gasteiger partial charge in [-0.1, -0.05) is 6.07 Å². The molecule has 3 fully saturated rings. The summed E-state index contributed by atoms with van der Waals surface area (Å²) in [7, 11) is 3.28. The number of carbonyl (C=O) groups excluding carboxylic acids is 1. The third-order valence-corrected chi connectivity index (χ3v) is 7.91. The van der Waals surface area contributed by atoms with Crippen molar-refractivity contribution in [3.63, 3.8) is 0 Å². The van der Waals surface area contributed by atoms with Gasteiger partial charge in [-0.15, -0.1) is 11.3 Å². The second kappa shape index (κ2) is 9.72. The number of nitrogens with zero attached hydrogens (tertiary/aromatic N) is 3. The molecular weight excluding hydrogens is 448 g/mol. The van der Waals surface area contributed by atoms with Crippen molar-refractivity contribution in [2.24, 2.45) is 5.92 Å². The number of amides is 1. The third-order valence-electron chi connectivity index (χ3n) is 7.04. The molecule has 0 spiro atoms. The molecule has 0 saturated carbocycles. The van der Waals surface area contributed by atoms with E-state index < -0.39 is 0 Å². The lowest BCUT2D eigenvalue weighted by molar-refractivity contribution is 0.0290. The zero-order valence-corrected chi connectivity index (χ0v) is 20.6. The number of piperidine rings is 3. The highest BCUT2D eigenvalue weighted by Crippen LogP contribution is 2.42. The van der Waals surface area contributed by atoms with Gasteiger partial charge in [0.1, 0.15) is 5.82 Å². The van der Waals surface area contributed by atoms with Crippen LogP contribution < -0.4 is 14.8 Å². The van der Waals surface area contributed by atoms with Gasteiger partial charge in [0.15, 0.2) is 11.5 Å². The van der Waals surface area contributed by atoms with Crippen molar-refractivity contribution in [1.82, 2.24) is 20.2 Å². The molecular formula is C26H30N4O3S. The van der Waals surface area contributed by atoms with Gasteiger partial charge in [0, 0.05) is 36.3 Å². The van der Waals surface area contributed by atoms with Crippen molar-refractivity contribution in [1.29, 1.82) is 0 Å². The van der Waals surface area contributed by atoms with Crippen LogP contribution in [0.25, 0.3) is 11.3 Å². The Bertz CT molecular complexity index is 1170. The van der Waals surface area contributed by atoms with E-state index in [0.29, 0.717) is 35.9 Å². The van der Waals surface area contributed by atoms with E-state index in [1.165, 1.54) is 11.3 Å². The summed E-state index contributed by atoms with van der Waals surface area (Å²) in [5.74, 6) is 3.12. The van der Waals surface area contributed by atoms with Crippen molar-refractivity contribution >= 4 is 17.2 Å². The van der Waals surface area contributed by atoms with E-state index in [-0.39, 0.29) is 5.91 Å². The topological polar surface area (TPSA) is 76.6 Å². The molecule has 0 aliphatic carbocycles. The lowest BCUT2D eigenvalue weighted by Gasteiger charge is -2.49. The van der Waals surface area contributed by atoms with Crippen molar-refractivity contribution in [3.8, 4) is 22.8 Å². The predicted molar refractivity (Wildman–Crippen MR) is 133 cm³/mol. The minimum absolute atomic E-state index is 0.0279. The van der Waals surface area contributed by atoms with Crippen LogP contribution in [0.3, 0.4) is 0 Å². The molecule has 1 unspecified atom stereocenters. The van der Waals surface area contributed by atoms with Crippen LogP contribution >= 0.6 is 11.3 Å². The highest BCUT2D eigenvalue weighted by atomic mass is 32.1. The van der Waals surface area contributed by atoms with E-state index in [9.17, 15) is 4.79 Å². The lowest BCUT2D eigenvalue weighted by atomic mass is 9.74. The van der Waals surface area contributed by atoms with Gasteiger partial charge in [-0.25, -0.2) is 9.97 Å². The minimum atomic E-state index is 0.0279. The molecule has 6 rings (SSSR count). The molecule has 3 aromatic rings. The summed E-state index contributed by atoms with van der Waals surface area (Å²) in [6.07, 6.45) is 2.24. The van der Waals surface area contributed by atoms with E-state index in [1.807, 2.05) is 42.6 Å². The number of thiophene rings is 1. The molecule has 3 aliphatic heterocycles. The van der Waals surface area contributed by atoms with Crippen LogP contribution in [0.15, 0.2) is 41.8 Å². The number of ether oxygens (including phenoxy) is 2. The summed E-state index contributed by atoms with van der Waals surface area (Å²) >= 11 is 1.48. The Hall–Kier alpha value is -2.97. The molecule has 34 heavy (non-hydrogen) atoms. The molecule has 1 aromatic carbocycles. The summed E-state index contributed by atoms with van der Waals surface area (Å²) < 4.78 is 10.9. The van der Waals surface area contributed by atoms with Gasteiger partial charge < -0.3 is 14.8 Å². The largest absolute Gasteiger partial charge is 0.493 e. The number of benzene rings is 1. The number of methoxy groups -OCH3 is 2. The van der Waals surface area contributed by atoms with Crippen LogP contribution in [0.4, 0.5) is 0 Å². The quantitative estimate of drug-likeness (QED) is 0.550. The van der Waals surface area contributed by atoms with Crippen LogP contribution in [0.5, 0.6) is 11.5 Å². The third kappa shape index (κ3) is 4.52. The van der Waals surface area contributed by atoms with Crippen LogP contribution in [0.2, 0.25) is 0 Å². The molecule has 5 heterocycles. The number of aryl methyl sites for hydroxylation is 1. The van der Waals surface area contributed by atoms with Crippen molar-refractivity contribution < 1.29 is 14.3 Å². The summed E-state index contributed by atoms with van der Waals surface area (Å²) in [6.45, 7) is 4.69. The van der Waals surface area contributed by atoms with E-state index in [4.69, 9.17) is 19.4 Å². The highest BCUT2D eigenvalue weighted by molar-refractivity contribution is 7.12. The van der Waals surface area contributed by atoms with Crippen molar-refractivity contribution in [2.45, 2.75) is 31.7 Å². The van der Waals surface area contributed by atoms with Gasteiger partial charge >= 0.3 is 0 Å². The fourth-order valence-corrected chi connectivity index (χ4v) is 5.96. The van der Waals surface area contributed by atoms with E-state index >= 15 is 0 Å². The first-order valence-electron chi connectivity index (χ1n) is 11.7. The molecule has 178 valence electrons. The SMILES string of the molecule is COc1ccc(-c2cc([C@@H]3CN4CC[C@H]3C[C@@H]4CNC(=O)c3cccs3)nc(C)n2)cc1OC. The minimum Gasteiger partial charge on any atom is -0.493 e. The Morgan fingerprint density at radius 1 is 1.18 bits per heavy atom. The van der Waals surface area contributed by atoms with Crippen LogP contribution in [-0.4, -0.2) is 60.7 Å². The molecule has 1 amide bonds. The molecule has 1 N–H and O–H groups in total. The number of hydrogen-bond acceptors (Lipinski definition) is 7. The molecule has 0 radical (unpaired) electrons. The van der Waals surface area contributed by atoms with Crippen LogP contribution in [0.1, 0.15) is 39.9 Å².